The Morgan fingerprint density at radius 3 is 2.78 bits per heavy atom. The quantitative estimate of drug-likeness (QED) is 0.356. The number of carbonyl (C=O) groups is 2. The first-order valence-corrected chi connectivity index (χ1v) is 12.7. The third-order valence-corrected chi connectivity index (χ3v) is 7.33. The number of esters is 1. The summed E-state index contributed by atoms with van der Waals surface area (Å²) in [5.41, 5.74) is 2.63. The first kappa shape index (κ1) is 22.5. The van der Waals surface area contributed by atoms with Gasteiger partial charge in [0.15, 0.2) is 4.34 Å². The van der Waals surface area contributed by atoms with E-state index in [9.17, 15) is 9.59 Å². The standard InChI is InChI=1S/C23H26N4O3S2/c1-2-30-22(29)12-17-14-31-23(24-17)32-15-21(28)25-20-13-19(16-8-6-7-9-16)26-27(20)18-10-4-3-5-11-18/h3-5,10-11,13-14,16H,2,6-9,12,15H2,1H3,(H,25,28). The molecule has 1 saturated carbocycles. The van der Waals surface area contributed by atoms with E-state index in [0.29, 0.717) is 24.0 Å². The second-order valence-electron chi connectivity index (χ2n) is 7.61. The zero-order valence-electron chi connectivity index (χ0n) is 18.0. The first-order valence-electron chi connectivity index (χ1n) is 10.8. The molecule has 1 aromatic carbocycles. The van der Waals surface area contributed by atoms with Crippen LogP contribution in [-0.4, -0.2) is 39.0 Å². The van der Waals surface area contributed by atoms with Crippen LogP contribution in [0.3, 0.4) is 0 Å². The first-order chi connectivity index (χ1) is 15.6. The summed E-state index contributed by atoms with van der Waals surface area (Å²) in [5, 5.41) is 9.67. The lowest BCUT2D eigenvalue weighted by Crippen LogP contribution is -2.16. The Balaban J connectivity index is 1.40. The predicted octanol–water partition coefficient (Wildman–Crippen LogP) is 4.82. The largest absolute Gasteiger partial charge is 0.466 e. The molecule has 1 N–H and O–H groups in total. The topological polar surface area (TPSA) is 86.1 Å². The van der Waals surface area contributed by atoms with Crippen LogP contribution in [0.25, 0.3) is 5.69 Å². The van der Waals surface area contributed by atoms with Crippen molar-refractivity contribution in [2.24, 2.45) is 0 Å². The highest BCUT2D eigenvalue weighted by molar-refractivity contribution is 8.01. The van der Waals surface area contributed by atoms with Crippen molar-refractivity contribution in [2.45, 2.75) is 49.3 Å². The number of aromatic nitrogens is 3. The van der Waals surface area contributed by atoms with Gasteiger partial charge in [0.05, 0.1) is 35.9 Å². The van der Waals surface area contributed by atoms with Gasteiger partial charge < -0.3 is 10.1 Å². The van der Waals surface area contributed by atoms with Crippen LogP contribution >= 0.6 is 23.1 Å². The summed E-state index contributed by atoms with van der Waals surface area (Å²) in [6, 6.07) is 11.9. The van der Waals surface area contributed by atoms with Gasteiger partial charge in [-0.05, 0) is 31.9 Å². The monoisotopic (exact) mass is 470 g/mol. The number of ether oxygens (including phenoxy) is 1. The maximum Gasteiger partial charge on any atom is 0.311 e. The average molecular weight is 471 g/mol. The summed E-state index contributed by atoms with van der Waals surface area (Å²) < 4.78 is 7.52. The van der Waals surface area contributed by atoms with Crippen molar-refractivity contribution in [1.82, 2.24) is 14.8 Å². The lowest BCUT2D eigenvalue weighted by atomic mass is 10.0. The van der Waals surface area contributed by atoms with Gasteiger partial charge in [0, 0.05) is 17.4 Å². The van der Waals surface area contributed by atoms with Gasteiger partial charge in [-0.3, -0.25) is 9.59 Å². The molecule has 0 atom stereocenters. The molecule has 1 fully saturated rings. The zero-order chi connectivity index (χ0) is 22.3. The number of nitrogens with zero attached hydrogens (tertiary/aromatic N) is 3. The molecule has 1 aliphatic rings. The van der Waals surface area contributed by atoms with E-state index in [1.165, 1.54) is 35.9 Å². The summed E-state index contributed by atoms with van der Waals surface area (Å²) >= 11 is 2.78. The van der Waals surface area contributed by atoms with Crippen molar-refractivity contribution in [3.8, 4) is 5.69 Å². The smallest absolute Gasteiger partial charge is 0.311 e. The second kappa shape index (κ2) is 10.8. The Labute approximate surface area is 195 Å². The maximum absolute atomic E-state index is 12.7. The highest BCUT2D eigenvalue weighted by Gasteiger charge is 2.22. The van der Waals surface area contributed by atoms with Gasteiger partial charge >= 0.3 is 5.97 Å². The Kier molecular flexibility index (Phi) is 7.59. The van der Waals surface area contributed by atoms with E-state index < -0.39 is 0 Å². The normalized spacial score (nSPS) is 13.9. The Bertz CT molecular complexity index is 1060. The number of anilines is 1. The van der Waals surface area contributed by atoms with Crippen LogP contribution in [0.2, 0.25) is 0 Å². The van der Waals surface area contributed by atoms with Crippen LogP contribution in [0.1, 0.15) is 49.9 Å². The molecule has 32 heavy (non-hydrogen) atoms. The molecule has 7 nitrogen and oxygen atoms in total. The third kappa shape index (κ3) is 5.77. The highest BCUT2D eigenvalue weighted by atomic mass is 32.2. The van der Waals surface area contributed by atoms with E-state index >= 15 is 0 Å². The summed E-state index contributed by atoms with van der Waals surface area (Å²) in [7, 11) is 0. The number of hydrogen-bond acceptors (Lipinski definition) is 7. The average Bonchev–Trinajstić information content (AvgIpc) is 3.54. The van der Waals surface area contributed by atoms with E-state index in [-0.39, 0.29) is 24.1 Å². The highest BCUT2D eigenvalue weighted by Crippen LogP contribution is 2.35. The van der Waals surface area contributed by atoms with Crippen LogP contribution < -0.4 is 5.32 Å². The number of benzene rings is 1. The van der Waals surface area contributed by atoms with Gasteiger partial charge in [-0.1, -0.05) is 42.8 Å². The lowest BCUT2D eigenvalue weighted by molar-refractivity contribution is -0.142. The minimum Gasteiger partial charge on any atom is -0.466 e. The minimum atomic E-state index is -0.292. The number of hydrogen-bond donors (Lipinski definition) is 1. The van der Waals surface area contributed by atoms with Crippen molar-refractivity contribution in [1.29, 1.82) is 0 Å². The summed E-state index contributed by atoms with van der Waals surface area (Å²) in [6.45, 7) is 2.13. The lowest BCUT2D eigenvalue weighted by Gasteiger charge is -2.08. The summed E-state index contributed by atoms with van der Waals surface area (Å²) in [4.78, 5) is 28.7. The van der Waals surface area contributed by atoms with Crippen molar-refractivity contribution < 1.29 is 14.3 Å². The summed E-state index contributed by atoms with van der Waals surface area (Å²) in [5.74, 6) is 0.959. The molecule has 0 bridgehead atoms. The van der Waals surface area contributed by atoms with Crippen molar-refractivity contribution in [2.75, 3.05) is 17.7 Å². The fraction of sp³-hybridized carbons (Fsp3) is 0.391. The van der Waals surface area contributed by atoms with Crippen molar-refractivity contribution in [3.63, 3.8) is 0 Å². The number of amides is 1. The molecular weight excluding hydrogens is 444 g/mol. The number of carbonyl (C=O) groups excluding carboxylic acids is 2. The Morgan fingerprint density at radius 1 is 1.25 bits per heavy atom. The van der Waals surface area contributed by atoms with Crippen molar-refractivity contribution in [3.05, 3.63) is 53.2 Å². The van der Waals surface area contributed by atoms with E-state index in [2.05, 4.69) is 10.3 Å². The molecule has 4 rings (SSSR count). The van der Waals surface area contributed by atoms with Gasteiger partial charge in [0.2, 0.25) is 5.91 Å². The molecule has 0 spiro atoms. The molecule has 2 aromatic heterocycles. The molecule has 0 saturated heterocycles. The van der Waals surface area contributed by atoms with Crippen molar-refractivity contribution >= 4 is 40.8 Å². The molecule has 2 heterocycles. The molecule has 0 unspecified atom stereocenters. The number of para-hydroxylation sites is 1. The molecule has 168 valence electrons. The van der Waals surface area contributed by atoms with Crippen LogP contribution in [0, 0.1) is 0 Å². The summed E-state index contributed by atoms with van der Waals surface area (Å²) in [6.07, 6.45) is 4.90. The van der Waals surface area contributed by atoms with Crippen LogP contribution in [0.15, 0.2) is 46.1 Å². The molecular formula is C23H26N4O3S2. The van der Waals surface area contributed by atoms with Crippen LogP contribution in [-0.2, 0) is 20.7 Å². The van der Waals surface area contributed by atoms with E-state index in [1.807, 2.05) is 46.5 Å². The molecule has 3 aromatic rings. The number of rotatable bonds is 9. The van der Waals surface area contributed by atoms with E-state index in [0.717, 1.165) is 28.6 Å². The number of nitrogens with one attached hydrogen (secondary N) is 1. The Hall–Kier alpha value is -2.65. The molecule has 1 amide bonds. The van der Waals surface area contributed by atoms with Gasteiger partial charge in [0.1, 0.15) is 5.82 Å². The van der Waals surface area contributed by atoms with Gasteiger partial charge in [0.25, 0.3) is 0 Å². The second-order valence-corrected chi connectivity index (χ2v) is 9.69. The minimum absolute atomic E-state index is 0.118. The van der Waals surface area contributed by atoms with Gasteiger partial charge in [-0.2, -0.15) is 5.10 Å². The fourth-order valence-corrected chi connectivity index (χ4v) is 5.42. The molecule has 0 radical (unpaired) electrons. The number of thiazole rings is 1. The predicted molar refractivity (Wildman–Crippen MR) is 127 cm³/mol. The SMILES string of the molecule is CCOC(=O)Cc1csc(SCC(=O)Nc2cc(C3CCCC3)nn2-c2ccccc2)n1. The molecule has 1 aliphatic carbocycles. The van der Waals surface area contributed by atoms with Crippen LogP contribution in [0.5, 0.6) is 0 Å². The van der Waals surface area contributed by atoms with Gasteiger partial charge in [-0.15, -0.1) is 11.3 Å². The zero-order valence-corrected chi connectivity index (χ0v) is 19.6. The van der Waals surface area contributed by atoms with Gasteiger partial charge in [-0.25, -0.2) is 9.67 Å². The van der Waals surface area contributed by atoms with Crippen LogP contribution in [0.4, 0.5) is 5.82 Å². The fourth-order valence-electron chi connectivity index (χ4n) is 3.78. The van der Waals surface area contributed by atoms with E-state index in [1.54, 1.807) is 6.92 Å². The number of thioether (sulfide) groups is 1. The molecule has 9 heteroatoms. The third-order valence-electron chi connectivity index (χ3n) is 5.26. The molecule has 0 aliphatic heterocycles. The van der Waals surface area contributed by atoms with E-state index in [4.69, 9.17) is 9.84 Å². The Morgan fingerprint density at radius 2 is 2.03 bits per heavy atom. The maximum atomic E-state index is 12.7.